The van der Waals surface area contributed by atoms with E-state index in [0.29, 0.717) is 6.42 Å². The molecule has 0 aliphatic rings. The van der Waals surface area contributed by atoms with Gasteiger partial charge >= 0.3 is 0 Å². The van der Waals surface area contributed by atoms with Gasteiger partial charge < -0.3 is 21.3 Å². The Bertz CT molecular complexity index is 375. The Hall–Kier alpha value is -1.75. The molecule has 0 radical (unpaired) electrons. The van der Waals surface area contributed by atoms with Crippen LogP contribution in [0.15, 0.2) is 18.2 Å². The van der Waals surface area contributed by atoms with Crippen molar-refractivity contribution in [2.24, 2.45) is 0 Å². The van der Waals surface area contributed by atoms with Crippen molar-refractivity contribution in [3.8, 4) is 5.75 Å². The van der Waals surface area contributed by atoms with Gasteiger partial charge in [-0.15, -0.1) is 0 Å². The Balaban J connectivity index is 2.84. The van der Waals surface area contributed by atoms with Crippen LogP contribution in [0.2, 0.25) is 0 Å². The van der Waals surface area contributed by atoms with Crippen LogP contribution >= 0.6 is 0 Å². The molecule has 0 aliphatic carbocycles. The molecule has 0 fully saturated rings. The lowest BCUT2D eigenvalue weighted by atomic mass is 10.1. The van der Waals surface area contributed by atoms with Crippen LogP contribution in [0.25, 0.3) is 0 Å². The maximum Gasteiger partial charge on any atom is 0.255 e. The second-order valence-electron chi connectivity index (χ2n) is 3.50. The highest BCUT2D eigenvalue weighted by Crippen LogP contribution is 2.24. The van der Waals surface area contributed by atoms with Crippen LogP contribution in [-0.4, -0.2) is 28.8 Å². The number of aromatic hydroxyl groups is 1. The first-order chi connectivity index (χ1) is 7.60. The molecule has 0 saturated carbocycles. The predicted molar refractivity (Wildman–Crippen MR) is 61.2 cm³/mol. The van der Waals surface area contributed by atoms with E-state index >= 15 is 0 Å². The first-order valence-corrected chi connectivity index (χ1v) is 5.09. The summed E-state index contributed by atoms with van der Waals surface area (Å²) in [6.07, 6.45) is 0.616. The molecule has 0 heterocycles. The molecular weight excluding hydrogens is 208 g/mol. The van der Waals surface area contributed by atoms with Crippen LogP contribution in [-0.2, 0) is 0 Å². The fraction of sp³-hybridized carbons (Fsp3) is 0.364. The first kappa shape index (κ1) is 12.3. The van der Waals surface area contributed by atoms with E-state index in [-0.39, 0.29) is 29.6 Å². The first-order valence-electron chi connectivity index (χ1n) is 5.09. The second-order valence-corrected chi connectivity index (χ2v) is 3.50. The number of nitrogens with one attached hydrogen (secondary N) is 1. The molecule has 0 bridgehead atoms. The summed E-state index contributed by atoms with van der Waals surface area (Å²) in [5.41, 5.74) is 5.75. The number of phenolic OH excluding ortho intramolecular Hbond substituents is 1. The lowest BCUT2D eigenvalue weighted by Gasteiger charge is -2.14. The smallest absolute Gasteiger partial charge is 0.255 e. The highest BCUT2D eigenvalue weighted by Gasteiger charge is 2.15. The normalized spacial score (nSPS) is 12.1. The van der Waals surface area contributed by atoms with Crippen molar-refractivity contribution < 1.29 is 15.0 Å². The molecule has 5 N–H and O–H groups in total. The van der Waals surface area contributed by atoms with Crippen molar-refractivity contribution in [1.29, 1.82) is 0 Å². The van der Waals surface area contributed by atoms with Crippen LogP contribution < -0.4 is 11.1 Å². The quantitative estimate of drug-likeness (QED) is 0.441. The van der Waals surface area contributed by atoms with Gasteiger partial charge in [0.2, 0.25) is 0 Å². The third-order valence-electron chi connectivity index (χ3n) is 2.36. The molecule has 1 aromatic rings. The van der Waals surface area contributed by atoms with E-state index in [1.165, 1.54) is 12.1 Å². The Kier molecular flexibility index (Phi) is 4.13. The summed E-state index contributed by atoms with van der Waals surface area (Å²) in [6, 6.07) is 4.26. The topological polar surface area (TPSA) is 95.6 Å². The number of carbonyl (C=O) groups excluding carboxylic acids is 1. The average molecular weight is 224 g/mol. The Morgan fingerprint density at radius 1 is 1.56 bits per heavy atom. The number of aliphatic hydroxyl groups is 1. The standard InChI is InChI=1S/C11H16N2O3/c1-2-7(6-14)13-11(16)8-4-3-5-9(12)10(8)15/h3-5,7,14-15H,2,6,12H2,1H3,(H,13,16)/t7-/m1/s1. The van der Waals surface area contributed by atoms with Crippen LogP contribution in [0, 0.1) is 0 Å². The number of amides is 1. The van der Waals surface area contributed by atoms with Gasteiger partial charge in [0.05, 0.1) is 23.9 Å². The van der Waals surface area contributed by atoms with Crippen LogP contribution in [0.3, 0.4) is 0 Å². The van der Waals surface area contributed by atoms with Crippen LogP contribution in [0.4, 0.5) is 5.69 Å². The van der Waals surface area contributed by atoms with E-state index in [1.54, 1.807) is 6.07 Å². The molecule has 0 aromatic heterocycles. The molecule has 1 amide bonds. The summed E-state index contributed by atoms with van der Waals surface area (Å²) in [5, 5.41) is 21.1. The van der Waals surface area contributed by atoms with Gasteiger partial charge in [-0.2, -0.15) is 0 Å². The number of hydrogen-bond donors (Lipinski definition) is 4. The van der Waals surface area contributed by atoms with Crippen LogP contribution in [0.5, 0.6) is 5.75 Å². The monoisotopic (exact) mass is 224 g/mol. The molecule has 88 valence electrons. The molecule has 0 saturated heterocycles. The predicted octanol–water partition coefficient (Wildman–Crippen LogP) is 0.475. The maximum absolute atomic E-state index is 11.7. The highest BCUT2D eigenvalue weighted by atomic mass is 16.3. The summed E-state index contributed by atoms with van der Waals surface area (Å²) in [4.78, 5) is 11.7. The number of anilines is 1. The number of nitrogen functional groups attached to an aromatic ring is 1. The van der Waals surface area contributed by atoms with E-state index < -0.39 is 5.91 Å². The number of carbonyl (C=O) groups is 1. The molecule has 1 rings (SSSR count). The minimum Gasteiger partial charge on any atom is -0.505 e. The molecule has 5 nitrogen and oxygen atoms in total. The van der Waals surface area contributed by atoms with Gasteiger partial charge in [-0.25, -0.2) is 0 Å². The van der Waals surface area contributed by atoms with E-state index in [0.717, 1.165) is 0 Å². The Labute approximate surface area is 93.9 Å². The fourth-order valence-corrected chi connectivity index (χ4v) is 1.28. The minimum atomic E-state index is -0.439. The molecule has 5 heteroatoms. The van der Waals surface area contributed by atoms with Crippen molar-refractivity contribution in [2.75, 3.05) is 12.3 Å². The summed E-state index contributed by atoms with van der Waals surface area (Å²) < 4.78 is 0. The number of benzene rings is 1. The average Bonchev–Trinajstić information content (AvgIpc) is 2.29. The van der Waals surface area contributed by atoms with Crippen LogP contribution in [0.1, 0.15) is 23.7 Å². The number of phenols is 1. The highest BCUT2D eigenvalue weighted by molar-refractivity contribution is 5.98. The van der Waals surface area contributed by atoms with E-state index in [2.05, 4.69) is 5.32 Å². The Morgan fingerprint density at radius 2 is 2.25 bits per heavy atom. The summed E-state index contributed by atoms with van der Waals surface area (Å²) in [5.74, 6) is -0.668. The second kappa shape index (κ2) is 5.37. The lowest BCUT2D eigenvalue weighted by molar-refractivity contribution is 0.0912. The Morgan fingerprint density at radius 3 is 2.81 bits per heavy atom. The van der Waals surface area contributed by atoms with Crippen molar-refractivity contribution in [3.63, 3.8) is 0 Å². The number of aliphatic hydroxyl groups excluding tert-OH is 1. The third-order valence-corrected chi connectivity index (χ3v) is 2.36. The molecule has 0 aliphatic heterocycles. The van der Waals surface area contributed by atoms with Gasteiger partial charge in [0.1, 0.15) is 0 Å². The molecular formula is C11H16N2O3. The lowest BCUT2D eigenvalue weighted by Crippen LogP contribution is -2.36. The molecule has 16 heavy (non-hydrogen) atoms. The number of hydrogen-bond acceptors (Lipinski definition) is 4. The molecule has 0 unspecified atom stereocenters. The zero-order valence-corrected chi connectivity index (χ0v) is 9.10. The zero-order valence-electron chi connectivity index (χ0n) is 9.10. The van der Waals surface area contributed by atoms with Gasteiger partial charge in [0.25, 0.3) is 5.91 Å². The van der Waals surface area contributed by atoms with Gasteiger partial charge in [-0.05, 0) is 18.6 Å². The SMILES string of the molecule is CC[C@H](CO)NC(=O)c1cccc(N)c1O. The zero-order chi connectivity index (χ0) is 12.1. The molecule has 1 atom stereocenters. The van der Waals surface area contributed by atoms with Crippen molar-refractivity contribution in [2.45, 2.75) is 19.4 Å². The van der Waals surface area contributed by atoms with Gasteiger partial charge in [0.15, 0.2) is 5.75 Å². The van der Waals surface area contributed by atoms with Gasteiger partial charge in [-0.3, -0.25) is 4.79 Å². The maximum atomic E-state index is 11.7. The van der Waals surface area contributed by atoms with Gasteiger partial charge in [0, 0.05) is 0 Å². The number of nitrogens with two attached hydrogens (primary N) is 1. The minimum absolute atomic E-state index is 0.118. The summed E-state index contributed by atoms with van der Waals surface area (Å²) >= 11 is 0. The van der Waals surface area contributed by atoms with Gasteiger partial charge in [-0.1, -0.05) is 13.0 Å². The number of rotatable bonds is 4. The van der Waals surface area contributed by atoms with E-state index in [4.69, 9.17) is 10.8 Å². The third kappa shape index (κ3) is 2.64. The summed E-state index contributed by atoms with van der Waals surface area (Å²) in [7, 11) is 0. The fourth-order valence-electron chi connectivity index (χ4n) is 1.28. The van der Waals surface area contributed by atoms with E-state index in [1.807, 2.05) is 6.92 Å². The van der Waals surface area contributed by atoms with Crippen molar-refractivity contribution in [1.82, 2.24) is 5.32 Å². The molecule has 0 spiro atoms. The van der Waals surface area contributed by atoms with Crippen molar-refractivity contribution in [3.05, 3.63) is 23.8 Å². The molecule has 1 aromatic carbocycles. The number of para-hydroxylation sites is 1. The summed E-state index contributed by atoms with van der Waals surface area (Å²) in [6.45, 7) is 1.71. The van der Waals surface area contributed by atoms with Crippen molar-refractivity contribution >= 4 is 11.6 Å². The van der Waals surface area contributed by atoms with E-state index in [9.17, 15) is 9.90 Å². The largest absolute Gasteiger partial charge is 0.505 e.